The van der Waals surface area contributed by atoms with E-state index in [1.165, 1.54) is 18.7 Å². The van der Waals surface area contributed by atoms with Gasteiger partial charge in [-0.2, -0.15) is 11.8 Å². The second-order valence-corrected chi connectivity index (χ2v) is 13.9. The topological polar surface area (TPSA) is 102 Å². The molecule has 2 amide bonds. The first-order valence-corrected chi connectivity index (χ1v) is 14.2. The third-order valence-corrected chi connectivity index (χ3v) is 6.74. The van der Waals surface area contributed by atoms with Crippen LogP contribution in [0.3, 0.4) is 0 Å². The van der Waals surface area contributed by atoms with Crippen LogP contribution >= 0.6 is 11.8 Å². The minimum Gasteiger partial charge on any atom is -0.459 e. The molecule has 0 saturated carbocycles. The maximum Gasteiger partial charge on any atom is 0.417 e. The first kappa shape index (κ1) is 34.0. The molecule has 1 heterocycles. The van der Waals surface area contributed by atoms with Gasteiger partial charge in [0.2, 0.25) is 5.91 Å². The average molecular weight is 557 g/mol. The van der Waals surface area contributed by atoms with Crippen LogP contribution in [0.2, 0.25) is 0 Å². The van der Waals surface area contributed by atoms with Gasteiger partial charge in [0.1, 0.15) is 28.9 Å². The molecular formula is C28H48N2O7S. The fourth-order valence-corrected chi connectivity index (χ4v) is 5.21. The van der Waals surface area contributed by atoms with E-state index in [2.05, 4.69) is 6.58 Å². The van der Waals surface area contributed by atoms with Crippen molar-refractivity contribution in [1.82, 2.24) is 9.80 Å². The average Bonchev–Trinajstić information content (AvgIpc) is 3.11. The summed E-state index contributed by atoms with van der Waals surface area (Å²) in [6, 6.07) is -1.84. The van der Waals surface area contributed by atoms with E-state index >= 15 is 0 Å². The van der Waals surface area contributed by atoms with Gasteiger partial charge in [0.05, 0.1) is 0 Å². The predicted molar refractivity (Wildman–Crippen MR) is 150 cm³/mol. The van der Waals surface area contributed by atoms with Crippen molar-refractivity contribution in [1.29, 1.82) is 0 Å². The highest BCUT2D eigenvalue weighted by Crippen LogP contribution is 2.31. The van der Waals surface area contributed by atoms with Gasteiger partial charge in [-0.25, -0.2) is 9.69 Å². The number of thioether (sulfide) groups is 1. The fourth-order valence-electron chi connectivity index (χ4n) is 4.04. The van der Waals surface area contributed by atoms with E-state index in [0.717, 1.165) is 4.90 Å². The minimum absolute atomic E-state index is 0.0155. The van der Waals surface area contributed by atoms with Gasteiger partial charge in [0.25, 0.3) is 0 Å². The fraction of sp³-hybridized carbons (Fsp3) is 0.786. The lowest BCUT2D eigenvalue weighted by atomic mass is 10.1. The molecule has 218 valence electrons. The highest BCUT2D eigenvalue weighted by atomic mass is 32.2. The molecule has 1 aliphatic rings. The number of hydrogen-bond donors (Lipinski definition) is 0. The molecule has 0 aliphatic carbocycles. The summed E-state index contributed by atoms with van der Waals surface area (Å²) in [6.07, 6.45) is 1.58. The van der Waals surface area contributed by atoms with Gasteiger partial charge < -0.3 is 14.2 Å². The zero-order chi connectivity index (χ0) is 29.6. The third kappa shape index (κ3) is 11.4. The number of imide groups is 1. The summed E-state index contributed by atoms with van der Waals surface area (Å²) in [5.74, 6) is -0.569. The van der Waals surface area contributed by atoms with Gasteiger partial charge >= 0.3 is 18.0 Å². The Kier molecular flexibility index (Phi) is 11.9. The van der Waals surface area contributed by atoms with Crippen molar-refractivity contribution in [2.45, 2.75) is 118 Å². The van der Waals surface area contributed by atoms with Gasteiger partial charge in [-0.1, -0.05) is 6.08 Å². The molecule has 0 aromatic rings. The maximum atomic E-state index is 13.4. The van der Waals surface area contributed by atoms with E-state index in [-0.39, 0.29) is 11.9 Å². The molecule has 4 atom stereocenters. The molecule has 0 N–H and O–H groups in total. The number of carbonyl (C=O) groups excluding carboxylic acids is 4. The highest BCUT2D eigenvalue weighted by Gasteiger charge is 2.45. The summed E-state index contributed by atoms with van der Waals surface area (Å²) in [4.78, 5) is 54.4. The van der Waals surface area contributed by atoms with Crippen molar-refractivity contribution in [2.24, 2.45) is 5.92 Å². The second-order valence-electron chi connectivity index (χ2n) is 12.8. The quantitative estimate of drug-likeness (QED) is 0.225. The molecule has 3 unspecified atom stereocenters. The van der Waals surface area contributed by atoms with Crippen LogP contribution in [0.15, 0.2) is 12.7 Å². The number of hydrogen-bond acceptors (Lipinski definition) is 9. The van der Waals surface area contributed by atoms with Gasteiger partial charge in [0, 0.05) is 31.0 Å². The number of rotatable bonds is 9. The molecule has 9 nitrogen and oxygen atoms in total. The van der Waals surface area contributed by atoms with Crippen LogP contribution in [-0.2, 0) is 28.6 Å². The Morgan fingerprint density at radius 2 is 1.47 bits per heavy atom. The van der Waals surface area contributed by atoms with E-state index in [1.807, 2.05) is 25.7 Å². The summed E-state index contributed by atoms with van der Waals surface area (Å²) in [5.41, 5.74) is -2.12. The van der Waals surface area contributed by atoms with Crippen LogP contribution in [0.5, 0.6) is 0 Å². The Morgan fingerprint density at radius 3 is 1.92 bits per heavy atom. The van der Waals surface area contributed by atoms with Crippen LogP contribution in [-0.4, -0.2) is 86.7 Å². The van der Waals surface area contributed by atoms with Gasteiger partial charge in [0.15, 0.2) is 0 Å². The number of esters is 2. The normalized spacial score (nSPS) is 20.3. The molecule has 0 spiro atoms. The molecule has 0 aromatic carbocycles. The Bertz CT molecular complexity index is 870. The first-order chi connectivity index (χ1) is 17.1. The Balaban J connectivity index is 3.14. The molecule has 1 rings (SSSR count). The first-order valence-electron chi connectivity index (χ1n) is 13.1. The van der Waals surface area contributed by atoms with Crippen LogP contribution in [0.25, 0.3) is 0 Å². The number of likely N-dealkylation sites (tertiary alicyclic amines) is 1. The standard InChI is InChI=1S/C28H48N2O7S/c1-13-20-14-21(23(32)35-26(4,5)6)29(15-20)22(24(33)36-27(7,8)9)17-38-16-18(2)30(19(3)31)25(34)37-28(10,11)12/h13,18,20-22H,1,14-17H2,2-12H3/t18?,20?,21?,22-/m1/s1. The smallest absolute Gasteiger partial charge is 0.417 e. The van der Waals surface area contributed by atoms with E-state index in [4.69, 9.17) is 14.2 Å². The van der Waals surface area contributed by atoms with Crippen LogP contribution < -0.4 is 0 Å². The summed E-state index contributed by atoms with van der Waals surface area (Å²) in [6.45, 7) is 23.5. The molecule has 0 aromatic heterocycles. The van der Waals surface area contributed by atoms with E-state index < -0.39 is 52.9 Å². The van der Waals surface area contributed by atoms with Crippen molar-refractivity contribution in [3.63, 3.8) is 0 Å². The van der Waals surface area contributed by atoms with E-state index in [1.54, 1.807) is 54.5 Å². The lowest BCUT2D eigenvalue weighted by molar-refractivity contribution is -0.166. The molecule has 1 aliphatic heterocycles. The Morgan fingerprint density at radius 1 is 0.947 bits per heavy atom. The number of nitrogens with zero attached hydrogens (tertiary/aromatic N) is 2. The van der Waals surface area contributed by atoms with E-state index in [9.17, 15) is 19.2 Å². The lowest BCUT2D eigenvalue weighted by Crippen LogP contribution is -2.52. The Labute approximate surface area is 233 Å². The molecule has 0 bridgehead atoms. The van der Waals surface area contributed by atoms with Crippen molar-refractivity contribution < 1.29 is 33.4 Å². The van der Waals surface area contributed by atoms with Crippen LogP contribution in [0.1, 0.15) is 82.6 Å². The Hall–Kier alpha value is -2.07. The van der Waals surface area contributed by atoms with Gasteiger partial charge in [-0.3, -0.25) is 19.3 Å². The molecule has 10 heteroatoms. The van der Waals surface area contributed by atoms with Crippen molar-refractivity contribution in [3.8, 4) is 0 Å². The second kappa shape index (κ2) is 13.3. The molecule has 0 radical (unpaired) electrons. The van der Waals surface area contributed by atoms with Gasteiger partial charge in [-0.15, -0.1) is 6.58 Å². The third-order valence-electron chi connectivity index (χ3n) is 5.47. The van der Waals surface area contributed by atoms with Crippen LogP contribution in [0, 0.1) is 5.92 Å². The summed E-state index contributed by atoms with van der Waals surface area (Å²) >= 11 is 1.41. The lowest BCUT2D eigenvalue weighted by Gasteiger charge is -2.34. The predicted octanol–water partition coefficient (Wildman–Crippen LogP) is 4.82. The van der Waals surface area contributed by atoms with Crippen molar-refractivity contribution in [2.75, 3.05) is 18.1 Å². The van der Waals surface area contributed by atoms with Gasteiger partial charge in [-0.05, 0) is 81.6 Å². The zero-order valence-electron chi connectivity index (χ0n) is 25.1. The largest absolute Gasteiger partial charge is 0.459 e. The van der Waals surface area contributed by atoms with Crippen LogP contribution in [0.4, 0.5) is 4.79 Å². The molecular weight excluding hydrogens is 508 g/mol. The number of ether oxygens (including phenoxy) is 3. The molecule has 38 heavy (non-hydrogen) atoms. The zero-order valence-corrected chi connectivity index (χ0v) is 25.9. The molecule has 1 fully saturated rings. The van der Waals surface area contributed by atoms with Crippen molar-refractivity contribution >= 4 is 35.7 Å². The molecule has 1 saturated heterocycles. The van der Waals surface area contributed by atoms with Crippen molar-refractivity contribution in [3.05, 3.63) is 12.7 Å². The number of carbonyl (C=O) groups is 4. The summed E-state index contributed by atoms with van der Waals surface area (Å²) < 4.78 is 16.8. The SMILES string of the molecule is C=CC1CC(C(=O)OC(C)(C)C)N([C@H](CSCC(C)N(C(C)=O)C(=O)OC(C)(C)C)C(=O)OC(C)(C)C)C1. The van der Waals surface area contributed by atoms with E-state index in [0.29, 0.717) is 24.5 Å². The summed E-state index contributed by atoms with van der Waals surface area (Å²) in [7, 11) is 0. The minimum atomic E-state index is -0.742. The summed E-state index contributed by atoms with van der Waals surface area (Å²) in [5, 5.41) is 0. The number of amides is 2. The monoisotopic (exact) mass is 556 g/mol. The highest BCUT2D eigenvalue weighted by molar-refractivity contribution is 7.99. The maximum absolute atomic E-state index is 13.4.